The molecule has 0 unspecified atom stereocenters. The maximum Gasteiger partial charge on any atom is 0.543 e. The van der Waals surface area contributed by atoms with E-state index in [1.165, 1.54) is 5.19 Å². The first-order valence-electron chi connectivity index (χ1n) is 8.23. The van der Waals surface area contributed by atoms with Gasteiger partial charge in [0, 0.05) is 0 Å². The second-order valence-corrected chi connectivity index (χ2v) is 12.1. The summed E-state index contributed by atoms with van der Waals surface area (Å²) in [6, 6.07) is 7.14. The van der Waals surface area contributed by atoms with Crippen LogP contribution in [-0.4, -0.2) is 26.3 Å². The summed E-state index contributed by atoms with van der Waals surface area (Å²) in [5.74, 6) is -0.734. The highest BCUT2D eigenvalue weighted by atomic mass is 28.3. The van der Waals surface area contributed by atoms with Crippen LogP contribution in [0.5, 0.6) is 0 Å². The predicted octanol–water partition coefficient (Wildman–Crippen LogP) is 3.72. The quantitative estimate of drug-likeness (QED) is 0.348. The Morgan fingerprint density at radius 1 is 0.958 bits per heavy atom. The Labute approximate surface area is 142 Å². The molecule has 0 amide bonds. The lowest BCUT2D eigenvalue weighted by Crippen LogP contribution is -2.37. The molecule has 0 radical (unpaired) electrons. The van der Waals surface area contributed by atoms with E-state index in [-0.39, 0.29) is 6.10 Å². The first-order valence-corrected chi connectivity index (χ1v) is 11.7. The highest BCUT2D eigenvalue weighted by Crippen LogP contribution is 2.20. The highest BCUT2D eigenvalue weighted by molar-refractivity contribution is 6.88. The molecular weight excluding hydrogens is 328 g/mol. The van der Waals surface area contributed by atoms with Crippen LogP contribution in [-0.2, 0) is 19.6 Å². The van der Waals surface area contributed by atoms with Crippen LogP contribution < -0.4 is 5.19 Å². The smallest absolute Gasteiger partial charge is 0.429 e. The van der Waals surface area contributed by atoms with E-state index >= 15 is 0 Å². The lowest BCUT2D eigenvalue weighted by Gasteiger charge is -2.20. The number of carbonyl (C=O) groups excluding carboxylic acids is 2. The Balaban J connectivity index is 1.73. The Bertz CT molecular complexity index is 557. The molecule has 6 nitrogen and oxygen atoms in total. The summed E-state index contributed by atoms with van der Waals surface area (Å²) < 4.78 is 5.06. The topological polar surface area (TPSA) is 71.1 Å². The van der Waals surface area contributed by atoms with Gasteiger partial charge >= 0.3 is 12.1 Å². The number of carbonyl (C=O) groups is 2. The van der Waals surface area contributed by atoms with Gasteiger partial charge in [-0.15, -0.1) is 0 Å². The molecule has 0 bridgehead atoms. The summed E-state index contributed by atoms with van der Waals surface area (Å²) >= 11 is 0. The van der Waals surface area contributed by atoms with E-state index in [1.807, 2.05) is 12.1 Å². The van der Waals surface area contributed by atoms with E-state index in [1.54, 1.807) is 12.1 Å². The van der Waals surface area contributed by atoms with Crippen LogP contribution in [0.15, 0.2) is 24.3 Å². The molecule has 7 heteroatoms. The van der Waals surface area contributed by atoms with Crippen molar-refractivity contribution in [2.24, 2.45) is 0 Å². The number of hydrogen-bond acceptors (Lipinski definition) is 6. The molecule has 0 N–H and O–H groups in total. The lowest BCUT2D eigenvalue weighted by atomic mass is 9.98. The third-order valence-electron chi connectivity index (χ3n) is 4.01. The van der Waals surface area contributed by atoms with Crippen LogP contribution in [0.4, 0.5) is 4.79 Å². The van der Waals surface area contributed by atoms with Crippen molar-refractivity contribution < 1.29 is 29.1 Å². The minimum Gasteiger partial charge on any atom is -0.429 e. The molecule has 1 fully saturated rings. The molecule has 1 aliphatic rings. The van der Waals surface area contributed by atoms with Gasteiger partial charge in [-0.1, -0.05) is 43.4 Å². The van der Waals surface area contributed by atoms with E-state index in [9.17, 15) is 9.59 Å². The van der Waals surface area contributed by atoms with Gasteiger partial charge in [0.25, 0.3) is 0 Å². The summed E-state index contributed by atoms with van der Waals surface area (Å²) in [4.78, 5) is 32.0. The van der Waals surface area contributed by atoms with E-state index in [0.29, 0.717) is 5.56 Å². The fourth-order valence-electron chi connectivity index (χ4n) is 2.57. The van der Waals surface area contributed by atoms with Crippen LogP contribution in [0.1, 0.15) is 42.5 Å². The summed E-state index contributed by atoms with van der Waals surface area (Å²) in [7, 11) is -1.42. The molecule has 2 rings (SSSR count). The minimum absolute atomic E-state index is 0.153. The normalized spacial score (nSPS) is 15.6. The molecule has 1 aromatic rings. The van der Waals surface area contributed by atoms with Crippen molar-refractivity contribution in [3.8, 4) is 0 Å². The molecule has 132 valence electrons. The van der Waals surface area contributed by atoms with Crippen molar-refractivity contribution >= 4 is 25.4 Å². The summed E-state index contributed by atoms with van der Waals surface area (Å²) in [5.41, 5.74) is 0.321. The zero-order valence-corrected chi connectivity index (χ0v) is 15.4. The summed E-state index contributed by atoms with van der Waals surface area (Å²) in [6.45, 7) is 6.65. The van der Waals surface area contributed by atoms with Crippen molar-refractivity contribution in [3.05, 3.63) is 29.8 Å². The van der Waals surface area contributed by atoms with Gasteiger partial charge in [-0.3, -0.25) is 4.89 Å². The number of rotatable bonds is 5. The first kappa shape index (κ1) is 18.5. The van der Waals surface area contributed by atoms with Gasteiger partial charge in [0.15, 0.2) is 0 Å². The van der Waals surface area contributed by atoms with Gasteiger partial charge in [-0.25, -0.2) is 14.5 Å². The predicted molar refractivity (Wildman–Crippen MR) is 90.4 cm³/mol. The highest BCUT2D eigenvalue weighted by Gasteiger charge is 2.20. The number of ether oxygens (including phenoxy) is 1. The standard InChI is InChI=1S/C17H24O6Si/c1-24(2,3)15-11-9-13(10-12-15)16(18)21-23-22-17(19)20-14-7-5-4-6-8-14/h9-12,14H,4-8H2,1-3H3. The molecule has 0 aliphatic heterocycles. The zero-order valence-electron chi connectivity index (χ0n) is 14.4. The van der Waals surface area contributed by atoms with Crippen molar-refractivity contribution in [1.82, 2.24) is 0 Å². The fourth-order valence-corrected chi connectivity index (χ4v) is 3.74. The Kier molecular flexibility index (Phi) is 6.39. The molecule has 0 saturated heterocycles. The van der Waals surface area contributed by atoms with Gasteiger partial charge in [0.05, 0.1) is 18.7 Å². The van der Waals surface area contributed by atoms with Gasteiger partial charge in [-0.05, 0) is 37.8 Å². The van der Waals surface area contributed by atoms with Crippen molar-refractivity contribution in [2.45, 2.75) is 57.8 Å². The van der Waals surface area contributed by atoms with Crippen LogP contribution >= 0.6 is 0 Å². The van der Waals surface area contributed by atoms with E-state index in [2.05, 4.69) is 34.5 Å². The Hall–Kier alpha value is -1.86. The van der Waals surface area contributed by atoms with Crippen molar-refractivity contribution in [1.29, 1.82) is 0 Å². The second-order valence-electron chi connectivity index (χ2n) is 6.98. The van der Waals surface area contributed by atoms with E-state index in [0.717, 1.165) is 32.1 Å². The van der Waals surface area contributed by atoms with Crippen LogP contribution in [0, 0.1) is 0 Å². The summed E-state index contributed by atoms with van der Waals surface area (Å²) in [6.07, 6.45) is 3.70. The molecular formula is C17H24O6Si. The van der Waals surface area contributed by atoms with Crippen LogP contribution in [0.25, 0.3) is 0 Å². The van der Waals surface area contributed by atoms with Crippen molar-refractivity contribution in [2.75, 3.05) is 0 Å². The average molecular weight is 352 g/mol. The van der Waals surface area contributed by atoms with Crippen molar-refractivity contribution in [3.63, 3.8) is 0 Å². The monoisotopic (exact) mass is 352 g/mol. The van der Waals surface area contributed by atoms with Gasteiger partial charge < -0.3 is 4.74 Å². The summed E-state index contributed by atoms with van der Waals surface area (Å²) in [5, 5.41) is 5.46. The molecule has 24 heavy (non-hydrogen) atoms. The molecule has 0 spiro atoms. The van der Waals surface area contributed by atoms with E-state index < -0.39 is 20.2 Å². The Morgan fingerprint density at radius 2 is 1.58 bits per heavy atom. The third-order valence-corrected chi connectivity index (χ3v) is 6.08. The Morgan fingerprint density at radius 3 is 2.17 bits per heavy atom. The van der Waals surface area contributed by atoms with Gasteiger partial charge in [-0.2, -0.15) is 0 Å². The average Bonchev–Trinajstić information content (AvgIpc) is 2.55. The molecule has 1 saturated carbocycles. The molecule has 1 aromatic carbocycles. The third kappa shape index (κ3) is 5.65. The zero-order chi connectivity index (χ0) is 17.6. The molecule has 0 heterocycles. The maximum absolute atomic E-state index is 11.8. The molecule has 1 aliphatic carbocycles. The SMILES string of the molecule is C[Si](C)(C)c1ccc(C(=O)OOOC(=O)OC2CCCCC2)cc1. The second kappa shape index (κ2) is 8.30. The van der Waals surface area contributed by atoms with E-state index in [4.69, 9.17) is 4.74 Å². The largest absolute Gasteiger partial charge is 0.543 e. The first-order chi connectivity index (χ1) is 11.4. The minimum atomic E-state index is -1.42. The molecule has 0 aromatic heterocycles. The number of hydrogen-bond donors (Lipinski definition) is 0. The number of benzene rings is 1. The van der Waals surface area contributed by atoms with Crippen LogP contribution in [0.3, 0.4) is 0 Å². The van der Waals surface area contributed by atoms with Crippen LogP contribution in [0.2, 0.25) is 19.6 Å². The lowest BCUT2D eigenvalue weighted by molar-refractivity contribution is -0.453. The fraction of sp³-hybridized carbons (Fsp3) is 0.529. The van der Waals surface area contributed by atoms with Gasteiger partial charge in [0.1, 0.15) is 6.10 Å². The maximum atomic E-state index is 11.8. The van der Waals surface area contributed by atoms with Gasteiger partial charge in [0.2, 0.25) is 0 Å². The molecule has 0 atom stereocenters.